The minimum atomic E-state index is -4.23. The van der Waals surface area contributed by atoms with Crippen LogP contribution in [0.2, 0.25) is 0 Å². The molecule has 14 heavy (non-hydrogen) atoms. The maximum Gasteiger partial charge on any atom is 0.296 e. The first-order chi connectivity index (χ1) is 6.50. The molecule has 0 spiro atoms. The zero-order valence-corrected chi connectivity index (χ0v) is 9.73. The summed E-state index contributed by atoms with van der Waals surface area (Å²) in [7, 11) is -4.23. The van der Waals surface area contributed by atoms with Crippen LogP contribution in [0, 0.1) is 0 Å². The third-order valence-corrected chi connectivity index (χ3v) is 3.66. The van der Waals surface area contributed by atoms with E-state index in [1.54, 1.807) is 0 Å². The Bertz CT molecular complexity index is 592. The Kier molecular flexibility index (Phi) is 2.30. The molecule has 1 aromatic carbocycles. The van der Waals surface area contributed by atoms with Gasteiger partial charge >= 0.3 is 0 Å². The summed E-state index contributed by atoms with van der Waals surface area (Å²) in [5.41, 5.74) is 0.622. The minimum absolute atomic E-state index is 0.187. The van der Waals surface area contributed by atoms with E-state index in [2.05, 4.69) is 24.7 Å². The molecule has 0 fully saturated rings. The highest BCUT2D eigenvalue weighted by Crippen LogP contribution is 2.27. The number of benzene rings is 1. The van der Waals surface area contributed by atoms with Gasteiger partial charge in [-0.15, -0.1) is 0 Å². The summed E-state index contributed by atoms with van der Waals surface area (Å²) in [5, 5.41) is 0. The molecule has 2 rings (SSSR count). The minimum Gasteiger partial charge on any atom is -0.282 e. The van der Waals surface area contributed by atoms with Crippen LogP contribution in [0.5, 0.6) is 0 Å². The molecule has 0 radical (unpaired) electrons. The first-order valence-electron chi connectivity index (χ1n) is 3.38. The van der Waals surface area contributed by atoms with Gasteiger partial charge in [0.15, 0.2) is 0 Å². The van der Waals surface area contributed by atoms with Crippen molar-refractivity contribution in [1.82, 2.24) is 8.75 Å². The molecule has 0 unspecified atom stereocenters. The average molecular weight is 295 g/mol. The van der Waals surface area contributed by atoms with Gasteiger partial charge in [-0.1, -0.05) is 0 Å². The number of aromatic nitrogens is 2. The van der Waals surface area contributed by atoms with Gasteiger partial charge in [0.25, 0.3) is 10.1 Å². The Morgan fingerprint density at radius 1 is 1.29 bits per heavy atom. The van der Waals surface area contributed by atoms with E-state index in [4.69, 9.17) is 4.55 Å². The second kappa shape index (κ2) is 3.23. The van der Waals surface area contributed by atoms with Crippen LogP contribution in [0.4, 0.5) is 0 Å². The van der Waals surface area contributed by atoms with Crippen molar-refractivity contribution >= 4 is 48.8 Å². The Labute approximate surface area is 92.0 Å². The number of fused-ring (bicyclic) bond motifs is 1. The monoisotopic (exact) mass is 294 g/mol. The summed E-state index contributed by atoms with van der Waals surface area (Å²) in [6, 6.07) is 2.79. The van der Waals surface area contributed by atoms with Crippen LogP contribution in [0.1, 0.15) is 0 Å². The Morgan fingerprint density at radius 2 is 1.93 bits per heavy atom. The van der Waals surface area contributed by atoms with E-state index in [-0.39, 0.29) is 10.4 Å². The molecule has 0 amide bonds. The summed E-state index contributed by atoms with van der Waals surface area (Å²) in [6.45, 7) is 0. The summed E-state index contributed by atoms with van der Waals surface area (Å²) in [5.74, 6) is 0. The van der Waals surface area contributed by atoms with Crippen molar-refractivity contribution in [3.8, 4) is 0 Å². The lowest BCUT2D eigenvalue weighted by molar-refractivity contribution is 0.484. The molecule has 0 aliphatic heterocycles. The third kappa shape index (κ3) is 1.54. The van der Waals surface area contributed by atoms with Gasteiger partial charge in [-0.05, 0) is 28.1 Å². The topological polar surface area (TPSA) is 80.2 Å². The molecule has 8 heteroatoms. The van der Waals surface area contributed by atoms with E-state index in [9.17, 15) is 8.42 Å². The Morgan fingerprint density at radius 3 is 2.57 bits per heavy atom. The van der Waals surface area contributed by atoms with E-state index in [1.807, 2.05) is 0 Å². The van der Waals surface area contributed by atoms with E-state index in [1.165, 1.54) is 12.1 Å². The van der Waals surface area contributed by atoms with Crippen LogP contribution in [-0.4, -0.2) is 21.7 Å². The van der Waals surface area contributed by atoms with E-state index >= 15 is 0 Å². The lowest BCUT2D eigenvalue weighted by atomic mass is 10.3. The van der Waals surface area contributed by atoms with Crippen LogP contribution in [0.15, 0.2) is 21.5 Å². The number of halogens is 1. The fraction of sp³-hybridized carbons (Fsp3) is 0. The molecular weight excluding hydrogens is 292 g/mol. The number of nitrogens with zero attached hydrogens (tertiary/aromatic N) is 2. The van der Waals surface area contributed by atoms with Gasteiger partial charge in [0.05, 0.1) is 11.7 Å². The molecule has 0 aliphatic carbocycles. The second-order valence-corrected chi connectivity index (χ2v) is 5.25. The molecule has 0 bridgehead atoms. The summed E-state index contributed by atoms with van der Waals surface area (Å²) in [6.07, 6.45) is 0. The molecule has 0 saturated carbocycles. The van der Waals surface area contributed by atoms with Gasteiger partial charge in [0.1, 0.15) is 15.9 Å². The van der Waals surface area contributed by atoms with Crippen LogP contribution in [0.25, 0.3) is 11.0 Å². The van der Waals surface area contributed by atoms with Crippen molar-refractivity contribution in [3.05, 3.63) is 16.6 Å². The molecule has 2 aromatic rings. The summed E-state index contributed by atoms with van der Waals surface area (Å²) >= 11 is 4.10. The SMILES string of the molecule is O=S(=O)(O)c1ccc(Br)c2nsnc12. The van der Waals surface area contributed by atoms with Gasteiger partial charge in [-0.2, -0.15) is 17.2 Å². The largest absolute Gasteiger partial charge is 0.296 e. The molecule has 1 N–H and O–H groups in total. The highest BCUT2D eigenvalue weighted by Gasteiger charge is 2.17. The van der Waals surface area contributed by atoms with E-state index in [0.29, 0.717) is 9.99 Å². The van der Waals surface area contributed by atoms with Crippen molar-refractivity contribution in [1.29, 1.82) is 0 Å². The lowest BCUT2D eigenvalue weighted by Crippen LogP contribution is -1.98. The number of hydrogen-bond acceptors (Lipinski definition) is 5. The third-order valence-electron chi connectivity index (χ3n) is 1.61. The maximum absolute atomic E-state index is 10.9. The quantitative estimate of drug-likeness (QED) is 0.810. The lowest BCUT2D eigenvalue weighted by Gasteiger charge is -1.97. The zero-order valence-electron chi connectivity index (χ0n) is 6.51. The van der Waals surface area contributed by atoms with Gasteiger partial charge in [0, 0.05) is 4.47 Å². The predicted octanol–water partition coefficient (Wildman–Crippen LogP) is 1.70. The fourth-order valence-electron chi connectivity index (χ4n) is 1.02. The van der Waals surface area contributed by atoms with E-state index < -0.39 is 10.1 Å². The van der Waals surface area contributed by atoms with Crippen LogP contribution >= 0.6 is 27.7 Å². The fourth-order valence-corrected chi connectivity index (χ4v) is 2.81. The molecule has 1 aromatic heterocycles. The second-order valence-electron chi connectivity index (χ2n) is 2.48. The van der Waals surface area contributed by atoms with Crippen molar-refractivity contribution in [3.63, 3.8) is 0 Å². The van der Waals surface area contributed by atoms with Gasteiger partial charge in [0.2, 0.25) is 0 Å². The van der Waals surface area contributed by atoms with Crippen LogP contribution in [-0.2, 0) is 10.1 Å². The first kappa shape index (κ1) is 9.97. The smallest absolute Gasteiger partial charge is 0.282 e. The standard InChI is InChI=1S/C6H3BrN2O3S2/c7-3-1-2-4(14(10,11)12)6-5(3)8-13-9-6/h1-2H,(H,10,11,12). The molecule has 1 heterocycles. The molecule has 5 nitrogen and oxygen atoms in total. The van der Waals surface area contributed by atoms with Crippen LogP contribution < -0.4 is 0 Å². The molecule has 0 saturated heterocycles. The zero-order chi connectivity index (χ0) is 10.3. The maximum atomic E-state index is 10.9. The van der Waals surface area contributed by atoms with Crippen molar-refractivity contribution < 1.29 is 13.0 Å². The molecule has 0 atom stereocenters. The molecule has 74 valence electrons. The highest BCUT2D eigenvalue weighted by molar-refractivity contribution is 9.10. The van der Waals surface area contributed by atoms with Gasteiger partial charge in [-0.3, -0.25) is 4.55 Å². The summed E-state index contributed by atoms with van der Waals surface area (Å²) < 4.78 is 39.1. The van der Waals surface area contributed by atoms with Crippen molar-refractivity contribution in [2.24, 2.45) is 0 Å². The molecule has 0 aliphatic rings. The van der Waals surface area contributed by atoms with Crippen molar-refractivity contribution in [2.75, 3.05) is 0 Å². The van der Waals surface area contributed by atoms with Crippen LogP contribution in [0.3, 0.4) is 0 Å². The molecular formula is C6H3BrN2O3S2. The average Bonchev–Trinajstić information content (AvgIpc) is 2.50. The summed E-state index contributed by atoms with van der Waals surface area (Å²) in [4.78, 5) is -0.218. The number of rotatable bonds is 1. The highest BCUT2D eigenvalue weighted by atomic mass is 79.9. The first-order valence-corrected chi connectivity index (χ1v) is 6.35. The van der Waals surface area contributed by atoms with Gasteiger partial charge < -0.3 is 0 Å². The number of hydrogen-bond donors (Lipinski definition) is 1. The predicted molar refractivity (Wildman–Crippen MR) is 54.9 cm³/mol. The van der Waals surface area contributed by atoms with Crippen molar-refractivity contribution in [2.45, 2.75) is 4.90 Å². The normalized spacial score (nSPS) is 12.1. The van der Waals surface area contributed by atoms with E-state index in [0.717, 1.165) is 11.7 Å². The van der Waals surface area contributed by atoms with Gasteiger partial charge in [-0.25, -0.2) is 0 Å². The Balaban J connectivity index is 2.93. The Hall–Kier alpha value is -0.570.